The number of rotatable bonds is 6. The van der Waals surface area contributed by atoms with Crippen molar-refractivity contribution >= 4 is 27.6 Å². The molecule has 2 N–H and O–H groups in total. The Morgan fingerprint density at radius 2 is 1.93 bits per heavy atom. The van der Waals surface area contributed by atoms with Crippen molar-refractivity contribution in [3.05, 3.63) is 58.9 Å². The lowest BCUT2D eigenvalue weighted by atomic mass is 10.0. The Morgan fingerprint density at radius 3 is 2.61 bits per heavy atom. The van der Waals surface area contributed by atoms with Gasteiger partial charge in [0.15, 0.2) is 0 Å². The number of amides is 1. The van der Waals surface area contributed by atoms with Crippen LogP contribution in [0.1, 0.15) is 34.8 Å². The minimum absolute atomic E-state index is 0.0707. The van der Waals surface area contributed by atoms with Gasteiger partial charge in [-0.2, -0.15) is 0 Å². The van der Waals surface area contributed by atoms with E-state index in [1.807, 2.05) is 0 Å². The second-order valence-corrected chi connectivity index (χ2v) is 7.97. The molecular weight excluding hydrogens is 387 g/mol. The Bertz CT molecular complexity index is 1020. The predicted molar refractivity (Wildman–Crippen MR) is 99.8 cm³/mol. The van der Waals surface area contributed by atoms with Gasteiger partial charge in [0.2, 0.25) is 15.9 Å². The zero-order chi connectivity index (χ0) is 20.3. The quantitative estimate of drug-likeness (QED) is 0.717. The third-order valence-electron chi connectivity index (χ3n) is 4.27. The van der Waals surface area contributed by atoms with Gasteiger partial charge < -0.3 is 10.1 Å². The van der Waals surface area contributed by atoms with Crippen LogP contribution in [0.15, 0.2) is 41.3 Å². The fraction of sp³-hybridized carbons (Fsp3) is 0.263. The average Bonchev–Trinajstić information content (AvgIpc) is 2.66. The summed E-state index contributed by atoms with van der Waals surface area (Å²) in [6.45, 7) is 1.89. The smallest absolute Gasteiger partial charge is 0.338 e. The van der Waals surface area contributed by atoms with E-state index in [1.165, 1.54) is 18.2 Å². The SMILES string of the molecule is CCOC(=O)c1ccc(CNS(=O)(=O)c2cc3c(cc2F)NC(=O)CC3)cc1. The molecule has 0 aromatic heterocycles. The Labute approximate surface area is 161 Å². The summed E-state index contributed by atoms with van der Waals surface area (Å²) in [7, 11) is -4.10. The van der Waals surface area contributed by atoms with E-state index in [2.05, 4.69) is 10.0 Å². The minimum atomic E-state index is -4.10. The van der Waals surface area contributed by atoms with Gasteiger partial charge in [-0.1, -0.05) is 12.1 Å². The summed E-state index contributed by atoms with van der Waals surface area (Å²) in [6.07, 6.45) is 0.567. The van der Waals surface area contributed by atoms with Gasteiger partial charge in [0.1, 0.15) is 10.7 Å². The third-order valence-corrected chi connectivity index (χ3v) is 5.69. The number of benzene rings is 2. The highest BCUT2D eigenvalue weighted by Gasteiger charge is 2.24. The van der Waals surface area contributed by atoms with Gasteiger partial charge in [-0.15, -0.1) is 0 Å². The van der Waals surface area contributed by atoms with Crippen LogP contribution in [0.2, 0.25) is 0 Å². The highest BCUT2D eigenvalue weighted by atomic mass is 32.2. The number of sulfonamides is 1. The second kappa shape index (κ2) is 8.07. The number of carbonyl (C=O) groups is 2. The van der Waals surface area contributed by atoms with E-state index in [0.717, 1.165) is 6.07 Å². The number of ether oxygens (including phenoxy) is 1. The molecule has 0 bridgehead atoms. The Balaban J connectivity index is 1.74. The number of hydrogen-bond donors (Lipinski definition) is 2. The Hall–Kier alpha value is -2.78. The molecule has 1 heterocycles. The molecule has 0 spiro atoms. The first-order valence-corrected chi connectivity index (χ1v) is 10.2. The number of anilines is 1. The standard InChI is InChI=1S/C19H19FN2O5S/c1-2-27-19(24)13-5-3-12(4-6-13)11-21-28(25,26)17-9-14-7-8-18(23)22-16(14)10-15(17)20/h3-6,9-10,21H,2,7-8,11H2,1H3,(H,22,23). The molecule has 2 aromatic carbocycles. The van der Waals surface area contributed by atoms with E-state index in [-0.39, 0.29) is 25.5 Å². The number of halogens is 1. The van der Waals surface area contributed by atoms with Crippen molar-refractivity contribution in [2.75, 3.05) is 11.9 Å². The molecule has 3 rings (SSSR count). The maximum Gasteiger partial charge on any atom is 0.338 e. The van der Waals surface area contributed by atoms with E-state index >= 15 is 0 Å². The summed E-state index contributed by atoms with van der Waals surface area (Å²) in [5, 5.41) is 2.53. The van der Waals surface area contributed by atoms with Crippen molar-refractivity contribution in [1.29, 1.82) is 0 Å². The predicted octanol–water partition coefficient (Wildman–Crippen LogP) is 2.37. The van der Waals surface area contributed by atoms with Gasteiger partial charge in [0.05, 0.1) is 12.2 Å². The van der Waals surface area contributed by atoms with Crippen molar-refractivity contribution in [3.63, 3.8) is 0 Å². The van der Waals surface area contributed by atoms with E-state index in [1.54, 1.807) is 19.1 Å². The highest BCUT2D eigenvalue weighted by molar-refractivity contribution is 7.89. The molecule has 1 aliphatic heterocycles. The first kappa shape index (κ1) is 20.0. The van der Waals surface area contributed by atoms with Crippen LogP contribution in [-0.4, -0.2) is 26.9 Å². The second-order valence-electron chi connectivity index (χ2n) is 6.23. The molecule has 0 unspecified atom stereocenters. The molecule has 0 aliphatic carbocycles. The molecular formula is C19H19FN2O5S. The minimum Gasteiger partial charge on any atom is -0.462 e. The zero-order valence-corrected chi connectivity index (χ0v) is 15.9. The zero-order valence-electron chi connectivity index (χ0n) is 15.1. The molecule has 1 amide bonds. The molecule has 0 saturated heterocycles. The van der Waals surface area contributed by atoms with Crippen molar-refractivity contribution in [2.45, 2.75) is 31.2 Å². The van der Waals surface area contributed by atoms with E-state index in [0.29, 0.717) is 28.8 Å². The van der Waals surface area contributed by atoms with Crippen molar-refractivity contribution < 1.29 is 27.1 Å². The van der Waals surface area contributed by atoms with Crippen LogP contribution >= 0.6 is 0 Å². The summed E-state index contributed by atoms with van der Waals surface area (Å²) in [5.74, 6) is -1.63. The molecule has 0 atom stereocenters. The summed E-state index contributed by atoms with van der Waals surface area (Å²) < 4.78 is 46.6. The van der Waals surface area contributed by atoms with Gasteiger partial charge >= 0.3 is 5.97 Å². The lowest BCUT2D eigenvalue weighted by Crippen LogP contribution is -2.25. The summed E-state index contributed by atoms with van der Waals surface area (Å²) in [5.41, 5.74) is 1.82. The maximum absolute atomic E-state index is 14.3. The molecule has 9 heteroatoms. The molecule has 7 nitrogen and oxygen atoms in total. The average molecular weight is 406 g/mol. The molecule has 0 saturated carbocycles. The van der Waals surface area contributed by atoms with E-state index in [9.17, 15) is 22.4 Å². The maximum atomic E-state index is 14.3. The van der Waals surface area contributed by atoms with Crippen molar-refractivity contribution in [2.24, 2.45) is 0 Å². The van der Waals surface area contributed by atoms with Crippen LogP contribution in [0.5, 0.6) is 0 Å². The van der Waals surface area contributed by atoms with Crippen molar-refractivity contribution in [1.82, 2.24) is 4.72 Å². The van der Waals surface area contributed by atoms with Gasteiger partial charge in [-0.05, 0) is 48.7 Å². The van der Waals surface area contributed by atoms with Gasteiger partial charge in [0, 0.05) is 18.7 Å². The number of hydrogen-bond acceptors (Lipinski definition) is 5. The molecule has 148 valence electrons. The van der Waals surface area contributed by atoms with Gasteiger partial charge in [-0.3, -0.25) is 4.79 Å². The third kappa shape index (κ3) is 4.37. The molecule has 0 fully saturated rings. The van der Waals surface area contributed by atoms with Crippen LogP contribution < -0.4 is 10.0 Å². The normalized spacial score (nSPS) is 13.6. The number of carbonyl (C=O) groups excluding carboxylic acids is 2. The largest absolute Gasteiger partial charge is 0.462 e. The van der Waals surface area contributed by atoms with E-state index < -0.39 is 26.7 Å². The monoisotopic (exact) mass is 406 g/mol. The number of aryl methyl sites for hydroxylation is 1. The first-order chi connectivity index (χ1) is 13.3. The number of fused-ring (bicyclic) bond motifs is 1. The number of esters is 1. The Kier molecular flexibility index (Phi) is 5.76. The molecule has 1 aliphatic rings. The molecule has 2 aromatic rings. The highest BCUT2D eigenvalue weighted by Crippen LogP contribution is 2.28. The number of nitrogens with one attached hydrogen (secondary N) is 2. The molecule has 28 heavy (non-hydrogen) atoms. The van der Waals surface area contributed by atoms with Crippen LogP contribution in [0.3, 0.4) is 0 Å². The van der Waals surface area contributed by atoms with Gasteiger partial charge in [-0.25, -0.2) is 22.3 Å². The Morgan fingerprint density at radius 1 is 1.21 bits per heavy atom. The molecule has 0 radical (unpaired) electrons. The lowest BCUT2D eigenvalue weighted by molar-refractivity contribution is -0.116. The summed E-state index contributed by atoms with van der Waals surface area (Å²) in [6, 6.07) is 8.51. The summed E-state index contributed by atoms with van der Waals surface area (Å²) in [4.78, 5) is 22.6. The van der Waals surface area contributed by atoms with Crippen LogP contribution in [0, 0.1) is 5.82 Å². The fourth-order valence-electron chi connectivity index (χ4n) is 2.81. The fourth-order valence-corrected chi connectivity index (χ4v) is 3.94. The topological polar surface area (TPSA) is 102 Å². The van der Waals surface area contributed by atoms with Crippen LogP contribution in [0.25, 0.3) is 0 Å². The van der Waals surface area contributed by atoms with Crippen molar-refractivity contribution in [3.8, 4) is 0 Å². The van der Waals surface area contributed by atoms with Crippen LogP contribution in [-0.2, 0) is 32.5 Å². The lowest BCUT2D eigenvalue weighted by Gasteiger charge is -2.18. The van der Waals surface area contributed by atoms with Crippen LogP contribution in [0.4, 0.5) is 10.1 Å². The summed E-state index contributed by atoms with van der Waals surface area (Å²) >= 11 is 0. The van der Waals surface area contributed by atoms with E-state index in [4.69, 9.17) is 4.74 Å². The van der Waals surface area contributed by atoms with Gasteiger partial charge in [0.25, 0.3) is 0 Å². The first-order valence-electron chi connectivity index (χ1n) is 8.68.